The normalized spacial score (nSPS) is 21.4. The van der Waals surface area contributed by atoms with E-state index in [1.807, 2.05) is 6.07 Å². The van der Waals surface area contributed by atoms with E-state index in [2.05, 4.69) is 4.90 Å². The second-order valence-corrected chi connectivity index (χ2v) is 6.26. The van der Waals surface area contributed by atoms with E-state index in [1.165, 1.54) is 4.90 Å². The van der Waals surface area contributed by atoms with Crippen molar-refractivity contribution in [1.82, 2.24) is 4.90 Å². The number of rotatable bonds is 3. The summed E-state index contributed by atoms with van der Waals surface area (Å²) >= 11 is 6.33. The highest BCUT2D eigenvalue weighted by atomic mass is 35.5. The van der Waals surface area contributed by atoms with Gasteiger partial charge in [0.05, 0.1) is 10.7 Å². The minimum Gasteiger partial charge on any atom is -0.480 e. The Morgan fingerprint density at radius 1 is 1.14 bits per heavy atom. The lowest BCUT2D eigenvalue weighted by atomic mass is 10.1. The van der Waals surface area contributed by atoms with Crippen LogP contribution in [0.5, 0.6) is 0 Å². The van der Waals surface area contributed by atoms with Crippen molar-refractivity contribution in [3.63, 3.8) is 0 Å². The van der Waals surface area contributed by atoms with E-state index < -0.39 is 12.0 Å². The Kier molecular flexibility index (Phi) is 4.25. The molecule has 22 heavy (non-hydrogen) atoms. The van der Waals surface area contributed by atoms with Gasteiger partial charge in [-0.05, 0) is 43.9 Å². The smallest absolute Gasteiger partial charge is 0.326 e. The molecule has 0 radical (unpaired) electrons. The summed E-state index contributed by atoms with van der Waals surface area (Å²) in [6, 6.07) is 4.56. The number of carbonyl (C=O) groups excluding carboxylic acids is 1. The topological polar surface area (TPSA) is 60.9 Å². The summed E-state index contributed by atoms with van der Waals surface area (Å²) in [7, 11) is 0. The Bertz CT molecular complexity index is 599. The van der Waals surface area contributed by atoms with Crippen molar-refractivity contribution < 1.29 is 14.7 Å². The molecule has 1 amide bonds. The van der Waals surface area contributed by atoms with E-state index in [1.54, 1.807) is 12.1 Å². The zero-order valence-electron chi connectivity index (χ0n) is 12.3. The molecule has 0 aromatic heterocycles. The molecule has 1 aromatic rings. The van der Waals surface area contributed by atoms with Gasteiger partial charge in [0.25, 0.3) is 5.91 Å². The number of hydrogen-bond acceptors (Lipinski definition) is 3. The van der Waals surface area contributed by atoms with Crippen molar-refractivity contribution in [2.24, 2.45) is 0 Å². The second kappa shape index (κ2) is 6.16. The number of benzene rings is 1. The average Bonchev–Trinajstić information content (AvgIpc) is 3.17. The zero-order valence-corrected chi connectivity index (χ0v) is 13.1. The first-order valence-corrected chi connectivity index (χ1v) is 8.04. The van der Waals surface area contributed by atoms with Crippen LogP contribution in [-0.2, 0) is 4.79 Å². The van der Waals surface area contributed by atoms with E-state index in [0.29, 0.717) is 23.6 Å². The molecule has 2 aliphatic heterocycles. The van der Waals surface area contributed by atoms with Gasteiger partial charge < -0.3 is 14.9 Å². The van der Waals surface area contributed by atoms with E-state index in [9.17, 15) is 14.7 Å². The molecule has 2 saturated heterocycles. The van der Waals surface area contributed by atoms with Gasteiger partial charge in [-0.25, -0.2) is 4.79 Å². The average molecular weight is 323 g/mol. The number of anilines is 1. The Balaban J connectivity index is 1.81. The van der Waals surface area contributed by atoms with Crippen LogP contribution in [0.15, 0.2) is 18.2 Å². The van der Waals surface area contributed by atoms with Crippen LogP contribution in [0.4, 0.5) is 5.69 Å². The summed E-state index contributed by atoms with van der Waals surface area (Å²) in [6.45, 7) is 2.46. The van der Waals surface area contributed by atoms with Gasteiger partial charge in [-0.2, -0.15) is 0 Å². The third-order valence-corrected chi connectivity index (χ3v) is 4.74. The van der Waals surface area contributed by atoms with Gasteiger partial charge in [0.1, 0.15) is 6.04 Å². The number of carboxylic acids is 1. The van der Waals surface area contributed by atoms with Crippen molar-refractivity contribution in [3.8, 4) is 0 Å². The highest BCUT2D eigenvalue weighted by molar-refractivity contribution is 6.33. The molecule has 2 heterocycles. The first-order valence-electron chi connectivity index (χ1n) is 7.66. The quantitative estimate of drug-likeness (QED) is 0.929. The van der Waals surface area contributed by atoms with E-state index in [4.69, 9.17) is 11.6 Å². The molecule has 2 fully saturated rings. The highest BCUT2D eigenvalue weighted by Crippen LogP contribution is 2.30. The van der Waals surface area contributed by atoms with Crippen LogP contribution in [0.3, 0.4) is 0 Å². The van der Waals surface area contributed by atoms with Crippen LogP contribution in [0.1, 0.15) is 36.0 Å². The summed E-state index contributed by atoms with van der Waals surface area (Å²) < 4.78 is 0. The molecular weight excluding hydrogens is 304 g/mol. The maximum absolute atomic E-state index is 12.5. The first-order chi connectivity index (χ1) is 10.6. The highest BCUT2D eigenvalue weighted by Gasteiger charge is 2.34. The fraction of sp³-hybridized carbons (Fsp3) is 0.500. The zero-order chi connectivity index (χ0) is 15.7. The standard InChI is InChI=1S/C16H19ClN2O3/c17-12-10-11(5-6-13(12)18-7-1-2-8-18)15(20)19-9-3-4-14(19)16(21)22/h5-6,10,14H,1-4,7-9H2,(H,21,22)/t14-/m0/s1. The van der Waals surface area contributed by atoms with Crippen LogP contribution in [0, 0.1) is 0 Å². The maximum atomic E-state index is 12.5. The SMILES string of the molecule is O=C(O)[C@@H]1CCCN1C(=O)c1ccc(N2CCCC2)c(Cl)c1. The Labute approximate surface area is 134 Å². The predicted octanol–water partition coefficient (Wildman–Crippen LogP) is 2.63. The first kappa shape index (κ1) is 15.2. The summed E-state index contributed by atoms with van der Waals surface area (Å²) in [4.78, 5) is 27.4. The van der Waals surface area contributed by atoms with Gasteiger partial charge in [0.15, 0.2) is 0 Å². The third-order valence-electron chi connectivity index (χ3n) is 4.44. The van der Waals surface area contributed by atoms with Crippen molar-refractivity contribution in [1.29, 1.82) is 0 Å². The lowest BCUT2D eigenvalue weighted by molar-refractivity contribution is -0.141. The minimum atomic E-state index is -0.939. The van der Waals surface area contributed by atoms with Gasteiger partial charge in [-0.15, -0.1) is 0 Å². The second-order valence-electron chi connectivity index (χ2n) is 5.86. The molecule has 0 unspecified atom stereocenters. The predicted molar refractivity (Wildman–Crippen MR) is 84.6 cm³/mol. The molecule has 5 nitrogen and oxygen atoms in total. The lowest BCUT2D eigenvalue weighted by Crippen LogP contribution is -2.40. The number of nitrogens with zero attached hydrogens (tertiary/aromatic N) is 2. The molecule has 6 heteroatoms. The number of hydrogen-bond donors (Lipinski definition) is 1. The van der Waals surface area contributed by atoms with Crippen molar-refractivity contribution in [2.75, 3.05) is 24.5 Å². The summed E-state index contributed by atoms with van der Waals surface area (Å²) in [5, 5.41) is 9.75. The third kappa shape index (κ3) is 2.77. The lowest BCUT2D eigenvalue weighted by Gasteiger charge is -2.23. The monoisotopic (exact) mass is 322 g/mol. The minimum absolute atomic E-state index is 0.250. The van der Waals surface area contributed by atoms with Gasteiger partial charge in [0, 0.05) is 25.2 Å². The fourth-order valence-corrected chi connectivity index (χ4v) is 3.59. The van der Waals surface area contributed by atoms with Crippen LogP contribution in [0.2, 0.25) is 5.02 Å². The van der Waals surface area contributed by atoms with Gasteiger partial charge >= 0.3 is 5.97 Å². The number of aliphatic carboxylic acids is 1. The number of carbonyl (C=O) groups is 2. The van der Waals surface area contributed by atoms with Gasteiger partial charge in [-0.1, -0.05) is 11.6 Å². The Morgan fingerprint density at radius 2 is 1.86 bits per heavy atom. The van der Waals surface area contributed by atoms with Crippen LogP contribution in [-0.4, -0.2) is 47.6 Å². The van der Waals surface area contributed by atoms with Gasteiger partial charge in [-0.3, -0.25) is 4.79 Å². The van der Waals surface area contributed by atoms with Crippen LogP contribution < -0.4 is 4.90 Å². The van der Waals surface area contributed by atoms with E-state index >= 15 is 0 Å². The molecular formula is C16H19ClN2O3. The summed E-state index contributed by atoms with van der Waals surface area (Å²) in [5.41, 5.74) is 1.41. The number of carboxylic acid groups (broad SMARTS) is 1. The molecule has 1 atom stereocenters. The van der Waals surface area contributed by atoms with Crippen molar-refractivity contribution in [3.05, 3.63) is 28.8 Å². The molecule has 1 N–H and O–H groups in total. The molecule has 3 rings (SSSR count). The van der Waals surface area contributed by atoms with Gasteiger partial charge in [0.2, 0.25) is 0 Å². The molecule has 0 spiro atoms. The molecule has 0 aliphatic carbocycles. The number of amides is 1. The van der Waals surface area contributed by atoms with Crippen molar-refractivity contribution in [2.45, 2.75) is 31.7 Å². The number of likely N-dealkylation sites (tertiary alicyclic amines) is 1. The van der Waals surface area contributed by atoms with Crippen LogP contribution in [0.25, 0.3) is 0 Å². The molecule has 0 saturated carbocycles. The number of halogens is 1. The Hall–Kier alpha value is -1.75. The largest absolute Gasteiger partial charge is 0.480 e. The van der Waals surface area contributed by atoms with Crippen molar-refractivity contribution >= 4 is 29.2 Å². The fourth-order valence-electron chi connectivity index (χ4n) is 3.29. The summed E-state index contributed by atoms with van der Waals surface area (Å²) in [6.07, 6.45) is 3.55. The van der Waals surface area contributed by atoms with E-state index in [0.717, 1.165) is 38.0 Å². The molecule has 0 bridgehead atoms. The Morgan fingerprint density at radius 3 is 2.50 bits per heavy atom. The van der Waals surface area contributed by atoms with Crippen LogP contribution >= 0.6 is 11.6 Å². The summed E-state index contributed by atoms with van der Waals surface area (Å²) in [5.74, 6) is -1.19. The molecule has 1 aromatic carbocycles. The van der Waals surface area contributed by atoms with E-state index in [-0.39, 0.29) is 5.91 Å². The maximum Gasteiger partial charge on any atom is 0.326 e. The molecule has 2 aliphatic rings. The molecule has 118 valence electrons.